The molecule has 0 N–H and O–H groups in total. The van der Waals surface area contributed by atoms with E-state index in [9.17, 15) is 0 Å². The second kappa shape index (κ2) is 7.17. The number of ether oxygens (including phenoxy) is 1. The lowest BCUT2D eigenvalue weighted by atomic mass is 10.0. The Morgan fingerprint density at radius 2 is 1.85 bits per heavy atom. The van der Waals surface area contributed by atoms with Crippen LogP contribution in [0.3, 0.4) is 0 Å². The third-order valence-corrected chi connectivity index (χ3v) is 4.67. The van der Waals surface area contributed by atoms with Gasteiger partial charge in [-0.1, -0.05) is 49.5 Å². The normalized spacial score (nSPS) is 12.2. The molecule has 0 aliphatic heterocycles. The van der Waals surface area contributed by atoms with Gasteiger partial charge in [0, 0.05) is 19.5 Å². The summed E-state index contributed by atoms with van der Waals surface area (Å²) >= 11 is 19.6. The van der Waals surface area contributed by atoms with Gasteiger partial charge >= 0.3 is 0 Å². The Balaban J connectivity index is 2.46. The summed E-state index contributed by atoms with van der Waals surface area (Å²) in [6, 6.07) is 11.4. The van der Waals surface area contributed by atoms with Crippen molar-refractivity contribution < 1.29 is 4.74 Å². The molecule has 2 aromatic rings. The average Bonchev–Trinajstić information content (AvgIpc) is 2.40. The molecular weight excluding hydrogens is 427 g/mol. The van der Waals surface area contributed by atoms with Gasteiger partial charge in [-0.2, -0.15) is 0 Å². The SMILES string of the molecule is CCOc1ccc(Br)cc1C(Cl)c1ccc(Cl)cc1Br. The van der Waals surface area contributed by atoms with Gasteiger partial charge in [0.2, 0.25) is 0 Å². The lowest BCUT2D eigenvalue weighted by Crippen LogP contribution is -2.01. The Morgan fingerprint density at radius 3 is 2.50 bits per heavy atom. The summed E-state index contributed by atoms with van der Waals surface area (Å²) in [5, 5.41) is 0.351. The van der Waals surface area contributed by atoms with E-state index < -0.39 is 0 Å². The third-order valence-electron chi connectivity index (χ3n) is 2.78. The summed E-state index contributed by atoms with van der Waals surface area (Å²) < 4.78 is 7.50. The Kier molecular flexibility index (Phi) is 5.79. The topological polar surface area (TPSA) is 9.23 Å². The van der Waals surface area contributed by atoms with E-state index in [1.807, 2.05) is 43.3 Å². The van der Waals surface area contributed by atoms with Gasteiger partial charge in [-0.15, -0.1) is 11.6 Å². The number of hydrogen-bond acceptors (Lipinski definition) is 1. The molecule has 0 fully saturated rings. The Bertz CT molecular complexity index is 617. The van der Waals surface area contributed by atoms with Gasteiger partial charge in [-0.3, -0.25) is 0 Å². The maximum atomic E-state index is 6.63. The van der Waals surface area contributed by atoms with Crippen molar-refractivity contribution in [1.29, 1.82) is 0 Å². The molecule has 0 radical (unpaired) electrons. The largest absolute Gasteiger partial charge is 0.494 e. The van der Waals surface area contributed by atoms with Crippen LogP contribution in [0, 0.1) is 0 Å². The molecule has 2 rings (SSSR count). The summed E-state index contributed by atoms with van der Waals surface area (Å²) in [6.45, 7) is 2.55. The molecule has 5 heteroatoms. The van der Waals surface area contributed by atoms with E-state index in [4.69, 9.17) is 27.9 Å². The maximum Gasteiger partial charge on any atom is 0.124 e. The predicted molar refractivity (Wildman–Crippen MR) is 92.2 cm³/mol. The van der Waals surface area contributed by atoms with E-state index in [0.29, 0.717) is 11.6 Å². The maximum absolute atomic E-state index is 6.63. The van der Waals surface area contributed by atoms with Crippen LogP contribution >= 0.6 is 55.1 Å². The lowest BCUT2D eigenvalue weighted by molar-refractivity contribution is 0.337. The smallest absolute Gasteiger partial charge is 0.124 e. The van der Waals surface area contributed by atoms with E-state index >= 15 is 0 Å². The number of hydrogen-bond donors (Lipinski definition) is 0. The quantitative estimate of drug-likeness (QED) is 0.489. The van der Waals surface area contributed by atoms with Crippen molar-refractivity contribution in [3.8, 4) is 5.75 Å². The molecule has 0 amide bonds. The molecule has 0 aliphatic carbocycles. The molecule has 0 bridgehead atoms. The fourth-order valence-corrected chi connectivity index (χ4v) is 3.66. The average molecular weight is 439 g/mol. The van der Waals surface area contributed by atoms with Crippen LogP contribution in [0.1, 0.15) is 23.4 Å². The fraction of sp³-hybridized carbons (Fsp3) is 0.200. The highest BCUT2D eigenvalue weighted by Crippen LogP contribution is 2.40. The monoisotopic (exact) mass is 436 g/mol. The molecular formula is C15H12Br2Cl2O. The van der Waals surface area contributed by atoms with Crippen LogP contribution < -0.4 is 4.74 Å². The summed E-state index contributed by atoms with van der Waals surface area (Å²) in [5.74, 6) is 0.789. The molecule has 1 nitrogen and oxygen atoms in total. The molecule has 2 aromatic carbocycles. The zero-order valence-corrected chi connectivity index (χ0v) is 15.4. The van der Waals surface area contributed by atoms with Crippen LogP contribution in [0.2, 0.25) is 5.02 Å². The Morgan fingerprint density at radius 1 is 1.10 bits per heavy atom. The zero-order chi connectivity index (χ0) is 14.7. The number of rotatable bonds is 4. The first-order valence-electron chi connectivity index (χ1n) is 6.04. The fourth-order valence-electron chi connectivity index (χ4n) is 1.88. The van der Waals surface area contributed by atoms with E-state index in [0.717, 1.165) is 25.8 Å². The minimum Gasteiger partial charge on any atom is -0.494 e. The number of halogens is 4. The summed E-state index contributed by atoms with van der Waals surface area (Å²) in [4.78, 5) is 0. The summed E-state index contributed by atoms with van der Waals surface area (Å²) in [7, 11) is 0. The summed E-state index contributed by atoms with van der Waals surface area (Å²) in [6.07, 6.45) is 0. The molecule has 20 heavy (non-hydrogen) atoms. The highest BCUT2D eigenvalue weighted by Gasteiger charge is 2.19. The van der Waals surface area contributed by atoms with E-state index in [1.54, 1.807) is 0 Å². The Hall–Kier alpha value is -0.220. The van der Waals surface area contributed by atoms with Gasteiger partial charge in [0.05, 0.1) is 12.0 Å². The van der Waals surface area contributed by atoms with Crippen LogP contribution in [-0.2, 0) is 0 Å². The zero-order valence-electron chi connectivity index (χ0n) is 10.7. The minimum atomic E-state index is -0.319. The number of benzene rings is 2. The first-order chi connectivity index (χ1) is 9.52. The molecule has 1 atom stereocenters. The molecule has 0 spiro atoms. The second-order valence-corrected chi connectivity index (χ2v) is 6.79. The van der Waals surface area contributed by atoms with Gasteiger partial charge in [0.15, 0.2) is 0 Å². The Labute approximate surface area is 145 Å². The molecule has 0 aromatic heterocycles. The van der Waals surface area contributed by atoms with Crippen molar-refractivity contribution in [2.24, 2.45) is 0 Å². The van der Waals surface area contributed by atoms with Crippen LogP contribution in [0.5, 0.6) is 5.75 Å². The van der Waals surface area contributed by atoms with Crippen LogP contribution in [0.15, 0.2) is 45.3 Å². The van der Waals surface area contributed by atoms with Gasteiger partial charge < -0.3 is 4.74 Å². The van der Waals surface area contributed by atoms with Crippen molar-refractivity contribution in [3.63, 3.8) is 0 Å². The molecule has 106 valence electrons. The molecule has 0 aliphatic rings. The van der Waals surface area contributed by atoms with Gasteiger partial charge in [-0.25, -0.2) is 0 Å². The van der Waals surface area contributed by atoms with Crippen LogP contribution in [-0.4, -0.2) is 6.61 Å². The molecule has 1 unspecified atom stereocenters. The number of alkyl halides is 1. The standard InChI is InChI=1S/C15H12Br2Cl2O/c1-2-20-14-6-3-9(16)7-12(14)15(19)11-5-4-10(18)8-13(11)17/h3-8,15H,2H2,1H3. The first kappa shape index (κ1) is 16.2. The minimum absolute atomic E-state index is 0.319. The van der Waals surface area contributed by atoms with E-state index in [2.05, 4.69) is 31.9 Å². The van der Waals surface area contributed by atoms with Gasteiger partial charge in [-0.05, 0) is 42.8 Å². The molecule has 0 saturated carbocycles. The lowest BCUT2D eigenvalue weighted by Gasteiger charge is -2.17. The van der Waals surface area contributed by atoms with E-state index in [-0.39, 0.29) is 5.38 Å². The first-order valence-corrected chi connectivity index (χ1v) is 8.44. The van der Waals surface area contributed by atoms with Crippen LogP contribution in [0.25, 0.3) is 0 Å². The highest BCUT2D eigenvalue weighted by molar-refractivity contribution is 9.10. The second-order valence-electron chi connectivity index (χ2n) is 4.14. The molecule has 0 heterocycles. The molecule has 0 saturated heterocycles. The van der Waals surface area contributed by atoms with Crippen molar-refractivity contribution in [1.82, 2.24) is 0 Å². The van der Waals surface area contributed by atoms with Gasteiger partial charge in [0.1, 0.15) is 5.75 Å². The van der Waals surface area contributed by atoms with Crippen molar-refractivity contribution in [3.05, 3.63) is 61.5 Å². The van der Waals surface area contributed by atoms with Gasteiger partial charge in [0.25, 0.3) is 0 Å². The predicted octanol–water partition coefficient (Wildman–Crippen LogP) is 6.59. The van der Waals surface area contributed by atoms with Crippen molar-refractivity contribution in [2.75, 3.05) is 6.61 Å². The van der Waals surface area contributed by atoms with Crippen molar-refractivity contribution in [2.45, 2.75) is 12.3 Å². The highest BCUT2D eigenvalue weighted by atomic mass is 79.9. The summed E-state index contributed by atoms with van der Waals surface area (Å²) in [5.41, 5.74) is 1.88. The third kappa shape index (κ3) is 3.70. The van der Waals surface area contributed by atoms with Crippen LogP contribution in [0.4, 0.5) is 0 Å². The van der Waals surface area contributed by atoms with E-state index in [1.165, 1.54) is 0 Å². The van der Waals surface area contributed by atoms with Crippen molar-refractivity contribution >= 4 is 55.1 Å².